The first-order chi connectivity index (χ1) is 9.15. The van der Waals surface area contributed by atoms with Crippen LogP contribution in [-0.4, -0.2) is 11.1 Å². The Bertz CT molecular complexity index is 552. The molecule has 19 heavy (non-hydrogen) atoms. The van der Waals surface area contributed by atoms with Crippen LogP contribution in [0.5, 0.6) is 0 Å². The van der Waals surface area contributed by atoms with E-state index in [1.54, 1.807) is 6.07 Å². The summed E-state index contributed by atoms with van der Waals surface area (Å²) in [4.78, 5) is 11.0. The predicted molar refractivity (Wildman–Crippen MR) is 71.5 cm³/mol. The largest absolute Gasteiger partial charge is 0.481 e. The number of benzene rings is 2. The van der Waals surface area contributed by atoms with Gasteiger partial charge in [0.05, 0.1) is 6.42 Å². The first-order valence-corrected chi connectivity index (χ1v) is 6.16. The van der Waals surface area contributed by atoms with Gasteiger partial charge in [0.25, 0.3) is 0 Å². The van der Waals surface area contributed by atoms with Crippen LogP contribution in [0.3, 0.4) is 0 Å². The molecule has 3 heteroatoms. The molecular weight excluding hydrogens is 243 g/mol. The SMILES string of the molecule is O=C(O)CC(Cc1cccc(F)c1)c1ccccc1. The summed E-state index contributed by atoms with van der Waals surface area (Å²) in [6.45, 7) is 0. The Morgan fingerprint density at radius 2 is 1.84 bits per heavy atom. The van der Waals surface area contributed by atoms with E-state index in [1.807, 2.05) is 36.4 Å². The fourth-order valence-electron chi connectivity index (χ4n) is 2.19. The van der Waals surface area contributed by atoms with Crippen molar-refractivity contribution in [2.75, 3.05) is 0 Å². The van der Waals surface area contributed by atoms with E-state index < -0.39 is 5.97 Å². The number of aliphatic carboxylic acids is 1. The molecule has 2 aromatic rings. The van der Waals surface area contributed by atoms with Crippen molar-refractivity contribution in [3.63, 3.8) is 0 Å². The number of carboxylic acid groups (broad SMARTS) is 1. The molecule has 1 unspecified atom stereocenters. The van der Waals surface area contributed by atoms with E-state index in [1.165, 1.54) is 12.1 Å². The van der Waals surface area contributed by atoms with Gasteiger partial charge in [0.1, 0.15) is 5.82 Å². The molecule has 98 valence electrons. The third kappa shape index (κ3) is 3.91. The summed E-state index contributed by atoms with van der Waals surface area (Å²) in [5, 5.41) is 9.00. The minimum absolute atomic E-state index is 0.0422. The first-order valence-electron chi connectivity index (χ1n) is 6.16. The molecule has 2 rings (SSSR count). The maximum Gasteiger partial charge on any atom is 0.303 e. The topological polar surface area (TPSA) is 37.3 Å². The van der Waals surface area contributed by atoms with Crippen LogP contribution in [0.4, 0.5) is 4.39 Å². The Balaban J connectivity index is 2.21. The summed E-state index contributed by atoms with van der Waals surface area (Å²) in [5.41, 5.74) is 1.78. The van der Waals surface area contributed by atoms with E-state index in [4.69, 9.17) is 5.11 Å². The second-order valence-corrected chi connectivity index (χ2v) is 4.54. The van der Waals surface area contributed by atoms with Gasteiger partial charge in [0, 0.05) is 0 Å². The molecule has 0 radical (unpaired) electrons. The highest BCUT2D eigenvalue weighted by atomic mass is 19.1. The molecule has 2 nitrogen and oxygen atoms in total. The van der Waals surface area contributed by atoms with Crippen molar-refractivity contribution in [2.45, 2.75) is 18.8 Å². The van der Waals surface area contributed by atoms with Crippen molar-refractivity contribution in [1.29, 1.82) is 0 Å². The lowest BCUT2D eigenvalue weighted by atomic mass is 9.89. The first kappa shape index (κ1) is 13.3. The average Bonchev–Trinajstić information content (AvgIpc) is 2.38. The highest BCUT2D eigenvalue weighted by molar-refractivity contribution is 5.68. The van der Waals surface area contributed by atoms with Crippen molar-refractivity contribution in [2.24, 2.45) is 0 Å². The fourth-order valence-corrected chi connectivity index (χ4v) is 2.19. The molecule has 0 spiro atoms. The maximum absolute atomic E-state index is 13.2. The Kier molecular flexibility index (Phi) is 4.29. The second-order valence-electron chi connectivity index (χ2n) is 4.54. The number of halogens is 1. The molecule has 0 aliphatic heterocycles. The zero-order valence-electron chi connectivity index (χ0n) is 10.4. The minimum Gasteiger partial charge on any atom is -0.481 e. The second kappa shape index (κ2) is 6.14. The molecular formula is C16H15FO2. The molecule has 0 heterocycles. The normalized spacial score (nSPS) is 12.1. The van der Waals surface area contributed by atoms with Crippen molar-refractivity contribution >= 4 is 5.97 Å². The van der Waals surface area contributed by atoms with Crippen molar-refractivity contribution < 1.29 is 14.3 Å². The van der Waals surface area contributed by atoms with E-state index >= 15 is 0 Å². The zero-order valence-corrected chi connectivity index (χ0v) is 10.4. The van der Waals surface area contributed by atoms with Gasteiger partial charge in [-0.1, -0.05) is 42.5 Å². The summed E-state index contributed by atoms with van der Waals surface area (Å²) >= 11 is 0. The van der Waals surface area contributed by atoms with Crippen LogP contribution in [0.25, 0.3) is 0 Å². The molecule has 0 aromatic heterocycles. The number of carbonyl (C=O) groups is 1. The molecule has 1 N–H and O–H groups in total. The maximum atomic E-state index is 13.2. The monoisotopic (exact) mass is 258 g/mol. The van der Waals surface area contributed by atoms with Gasteiger partial charge in [-0.3, -0.25) is 4.79 Å². The summed E-state index contributed by atoms with van der Waals surface area (Å²) in [6, 6.07) is 15.8. The standard InChI is InChI=1S/C16H15FO2/c17-15-8-4-5-12(10-15)9-14(11-16(18)19)13-6-2-1-3-7-13/h1-8,10,14H,9,11H2,(H,18,19). The van der Waals surface area contributed by atoms with Gasteiger partial charge in [0.2, 0.25) is 0 Å². The van der Waals surface area contributed by atoms with Crippen molar-refractivity contribution in [3.8, 4) is 0 Å². The summed E-state index contributed by atoms with van der Waals surface area (Å²) in [5.74, 6) is -1.27. The van der Waals surface area contributed by atoms with Crippen LogP contribution in [-0.2, 0) is 11.2 Å². The van der Waals surface area contributed by atoms with E-state index in [9.17, 15) is 9.18 Å². The van der Waals surface area contributed by atoms with Crippen molar-refractivity contribution in [1.82, 2.24) is 0 Å². The molecule has 0 aliphatic carbocycles. The van der Waals surface area contributed by atoms with Gasteiger partial charge in [-0.25, -0.2) is 4.39 Å². The third-order valence-corrected chi connectivity index (χ3v) is 3.06. The smallest absolute Gasteiger partial charge is 0.303 e. The van der Waals surface area contributed by atoms with E-state index in [0.717, 1.165) is 11.1 Å². The van der Waals surface area contributed by atoms with Crippen LogP contribution in [0, 0.1) is 5.82 Å². The van der Waals surface area contributed by atoms with E-state index in [-0.39, 0.29) is 18.2 Å². The molecule has 0 saturated carbocycles. The number of rotatable bonds is 5. The quantitative estimate of drug-likeness (QED) is 0.889. The van der Waals surface area contributed by atoms with Crippen LogP contribution < -0.4 is 0 Å². The van der Waals surface area contributed by atoms with Gasteiger partial charge < -0.3 is 5.11 Å². The third-order valence-electron chi connectivity index (χ3n) is 3.06. The Morgan fingerprint density at radius 3 is 2.47 bits per heavy atom. The lowest BCUT2D eigenvalue weighted by molar-refractivity contribution is -0.137. The fraction of sp³-hybridized carbons (Fsp3) is 0.188. The Hall–Kier alpha value is -2.16. The average molecular weight is 258 g/mol. The lowest BCUT2D eigenvalue weighted by Gasteiger charge is -2.15. The molecule has 0 amide bonds. The van der Waals surface area contributed by atoms with Crippen LogP contribution in [0.2, 0.25) is 0 Å². The minimum atomic E-state index is -0.842. The molecule has 0 fully saturated rings. The van der Waals surface area contributed by atoms with E-state index in [0.29, 0.717) is 6.42 Å². The summed E-state index contributed by atoms with van der Waals surface area (Å²) in [6.07, 6.45) is 0.564. The highest BCUT2D eigenvalue weighted by Gasteiger charge is 2.16. The molecule has 1 atom stereocenters. The van der Waals surface area contributed by atoms with Gasteiger partial charge in [-0.15, -0.1) is 0 Å². The predicted octanol–water partition coefficient (Wildman–Crippen LogP) is 3.63. The van der Waals surface area contributed by atoms with Gasteiger partial charge >= 0.3 is 5.97 Å². The Morgan fingerprint density at radius 1 is 1.11 bits per heavy atom. The molecule has 0 saturated heterocycles. The van der Waals surface area contributed by atoms with Crippen LogP contribution >= 0.6 is 0 Å². The Labute approximate surface area is 111 Å². The van der Waals surface area contributed by atoms with E-state index in [2.05, 4.69) is 0 Å². The number of carboxylic acids is 1. The summed E-state index contributed by atoms with van der Waals surface area (Å²) < 4.78 is 13.2. The summed E-state index contributed by atoms with van der Waals surface area (Å²) in [7, 11) is 0. The van der Waals surface area contributed by atoms with Crippen LogP contribution in [0.15, 0.2) is 54.6 Å². The number of hydrogen-bond acceptors (Lipinski definition) is 1. The lowest BCUT2D eigenvalue weighted by Crippen LogP contribution is -2.09. The molecule has 0 aliphatic rings. The number of hydrogen-bond donors (Lipinski definition) is 1. The highest BCUT2D eigenvalue weighted by Crippen LogP contribution is 2.24. The van der Waals surface area contributed by atoms with Crippen LogP contribution in [0.1, 0.15) is 23.5 Å². The van der Waals surface area contributed by atoms with Gasteiger partial charge in [-0.05, 0) is 35.6 Å². The van der Waals surface area contributed by atoms with Gasteiger partial charge in [-0.2, -0.15) is 0 Å². The molecule has 2 aromatic carbocycles. The zero-order chi connectivity index (χ0) is 13.7. The van der Waals surface area contributed by atoms with Crippen molar-refractivity contribution in [3.05, 3.63) is 71.5 Å². The molecule has 0 bridgehead atoms. The van der Waals surface area contributed by atoms with Gasteiger partial charge in [0.15, 0.2) is 0 Å².